The van der Waals surface area contributed by atoms with Gasteiger partial charge in [0.25, 0.3) is 0 Å². The fourth-order valence-electron chi connectivity index (χ4n) is 4.45. The molecule has 0 bridgehead atoms. The zero-order chi connectivity index (χ0) is 24.9. The van der Waals surface area contributed by atoms with E-state index in [4.69, 9.17) is 9.47 Å². The van der Waals surface area contributed by atoms with Crippen molar-refractivity contribution in [2.24, 2.45) is 0 Å². The lowest BCUT2D eigenvalue weighted by atomic mass is 9.98. The molecule has 0 saturated carbocycles. The molecule has 0 saturated heterocycles. The fraction of sp³-hybridized carbons (Fsp3) is 0.138. The normalized spacial score (nSPS) is 12.8. The van der Waals surface area contributed by atoms with Gasteiger partial charge in [-0.05, 0) is 52.1 Å². The van der Waals surface area contributed by atoms with E-state index in [0.29, 0.717) is 11.5 Å². The summed E-state index contributed by atoms with van der Waals surface area (Å²) in [5.41, 5.74) is 5.18. The molecule has 1 atom stereocenters. The molecule has 1 aliphatic carbocycles. The second kappa shape index (κ2) is 10.3. The van der Waals surface area contributed by atoms with Crippen molar-refractivity contribution in [1.82, 2.24) is 10.3 Å². The Kier molecular flexibility index (Phi) is 6.62. The predicted octanol–water partition coefficient (Wildman–Crippen LogP) is 5.41. The van der Waals surface area contributed by atoms with E-state index in [1.807, 2.05) is 36.4 Å². The van der Waals surface area contributed by atoms with Crippen LogP contribution in [0.3, 0.4) is 0 Å². The first kappa shape index (κ1) is 23.1. The number of hydrogen-bond donors (Lipinski definition) is 2. The number of aromatic nitrogens is 1. The van der Waals surface area contributed by atoms with E-state index in [1.54, 1.807) is 48.8 Å². The van der Waals surface area contributed by atoms with Gasteiger partial charge in [-0.15, -0.1) is 0 Å². The molecule has 7 heteroatoms. The first-order valence-electron chi connectivity index (χ1n) is 11.6. The SMILES string of the molecule is O=C(N[C@@H](Cc1ccc(Oc2ccncc2)cc1)C(=O)O)OCC1c2ccccc2-c2ccccc21. The molecular formula is C29H24N2O5. The van der Waals surface area contributed by atoms with Gasteiger partial charge < -0.3 is 19.9 Å². The number of carboxylic acid groups (broad SMARTS) is 1. The number of ether oxygens (including phenoxy) is 2. The summed E-state index contributed by atoms with van der Waals surface area (Å²) in [5, 5.41) is 12.2. The van der Waals surface area contributed by atoms with Gasteiger partial charge >= 0.3 is 12.1 Å². The quantitative estimate of drug-likeness (QED) is 0.350. The van der Waals surface area contributed by atoms with Crippen LogP contribution < -0.4 is 10.1 Å². The molecule has 5 rings (SSSR count). The number of pyridine rings is 1. The molecular weight excluding hydrogens is 456 g/mol. The summed E-state index contributed by atoms with van der Waals surface area (Å²) in [6.07, 6.45) is 2.61. The second-order valence-corrected chi connectivity index (χ2v) is 8.49. The maximum absolute atomic E-state index is 12.6. The summed E-state index contributed by atoms with van der Waals surface area (Å²) in [5.74, 6) is 0.0272. The fourth-order valence-corrected chi connectivity index (χ4v) is 4.45. The van der Waals surface area contributed by atoms with Crippen LogP contribution in [0, 0.1) is 0 Å². The van der Waals surface area contributed by atoms with Gasteiger partial charge in [0.15, 0.2) is 0 Å². The first-order valence-corrected chi connectivity index (χ1v) is 11.6. The number of fused-ring (bicyclic) bond motifs is 3. The Balaban J connectivity index is 1.20. The number of amides is 1. The number of rotatable bonds is 8. The molecule has 0 aliphatic heterocycles. The van der Waals surface area contributed by atoms with Gasteiger partial charge in [0.1, 0.15) is 24.1 Å². The summed E-state index contributed by atoms with van der Waals surface area (Å²) in [7, 11) is 0. The van der Waals surface area contributed by atoms with Crippen molar-refractivity contribution >= 4 is 12.1 Å². The Morgan fingerprint density at radius 1 is 0.833 bits per heavy atom. The number of alkyl carbamates (subject to hydrolysis) is 1. The highest BCUT2D eigenvalue weighted by Crippen LogP contribution is 2.44. The third kappa shape index (κ3) is 5.05. The summed E-state index contributed by atoms with van der Waals surface area (Å²) in [6.45, 7) is 0.118. The van der Waals surface area contributed by atoms with Gasteiger partial charge in [-0.2, -0.15) is 0 Å². The maximum atomic E-state index is 12.6. The van der Waals surface area contributed by atoms with Gasteiger partial charge in [-0.3, -0.25) is 4.98 Å². The standard InChI is InChI=1S/C29H24N2O5/c32-28(33)27(17-19-9-11-20(12-10-19)36-21-13-15-30-16-14-21)31-29(34)35-18-26-24-7-3-1-5-22(24)23-6-2-4-8-25(23)26/h1-16,26-27H,17-18H2,(H,31,34)(H,32,33)/t27-/m0/s1. The molecule has 1 aromatic heterocycles. The average molecular weight is 481 g/mol. The van der Waals surface area contributed by atoms with E-state index in [2.05, 4.69) is 22.4 Å². The number of carboxylic acids is 1. The summed E-state index contributed by atoms with van der Waals surface area (Å²) < 4.78 is 11.2. The number of nitrogens with zero attached hydrogens (tertiary/aromatic N) is 1. The second-order valence-electron chi connectivity index (χ2n) is 8.49. The van der Waals surface area contributed by atoms with Crippen LogP contribution in [0.25, 0.3) is 11.1 Å². The lowest BCUT2D eigenvalue weighted by Crippen LogP contribution is -2.42. The first-order chi connectivity index (χ1) is 17.6. The van der Waals surface area contributed by atoms with E-state index in [-0.39, 0.29) is 18.9 Å². The van der Waals surface area contributed by atoms with E-state index in [0.717, 1.165) is 27.8 Å². The molecule has 3 aromatic carbocycles. The van der Waals surface area contributed by atoms with Crippen molar-refractivity contribution in [1.29, 1.82) is 0 Å². The average Bonchev–Trinajstić information content (AvgIpc) is 3.22. The lowest BCUT2D eigenvalue weighted by molar-refractivity contribution is -0.139. The van der Waals surface area contributed by atoms with Crippen molar-refractivity contribution in [3.8, 4) is 22.6 Å². The Bertz CT molecular complexity index is 1330. The van der Waals surface area contributed by atoms with Crippen molar-refractivity contribution in [2.45, 2.75) is 18.4 Å². The predicted molar refractivity (Wildman–Crippen MR) is 134 cm³/mol. The van der Waals surface area contributed by atoms with Crippen molar-refractivity contribution in [3.63, 3.8) is 0 Å². The molecule has 1 aliphatic rings. The number of carbonyl (C=O) groups is 2. The molecule has 2 N–H and O–H groups in total. The smallest absolute Gasteiger partial charge is 0.407 e. The topological polar surface area (TPSA) is 97.8 Å². The monoisotopic (exact) mass is 480 g/mol. The Morgan fingerprint density at radius 2 is 1.42 bits per heavy atom. The number of hydrogen-bond acceptors (Lipinski definition) is 5. The molecule has 0 spiro atoms. The molecule has 1 heterocycles. The summed E-state index contributed by atoms with van der Waals surface area (Å²) in [6, 6.07) is 25.5. The molecule has 1 amide bonds. The molecule has 4 aromatic rings. The van der Waals surface area contributed by atoms with Gasteiger partial charge in [0, 0.05) is 24.7 Å². The lowest BCUT2D eigenvalue weighted by Gasteiger charge is -2.17. The van der Waals surface area contributed by atoms with E-state index >= 15 is 0 Å². The third-order valence-electron chi connectivity index (χ3n) is 6.18. The zero-order valence-corrected chi connectivity index (χ0v) is 19.3. The minimum absolute atomic E-state index is 0.0978. The molecule has 0 fully saturated rings. The van der Waals surface area contributed by atoms with Crippen LogP contribution in [0.15, 0.2) is 97.3 Å². The molecule has 180 valence electrons. The minimum atomic E-state index is -1.14. The Hall–Kier alpha value is -4.65. The Morgan fingerprint density at radius 3 is 2.03 bits per heavy atom. The maximum Gasteiger partial charge on any atom is 0.407 e. The van der Waals surface area contributed by atoms with Gasteiger partial charge in [-0.25, -0.2) is 9.59 Å². The highest BCUT2D eigenvalue weighted by Gasteiger charge is 2.29. The zero-order valence-electron chi connectivity index (χ0n) is 19.3. The van der Waals surface area contributed by atoms with Crippen LogP contribution >= 0.6 is 0 Å². The number of nitrogens with one attached hydrogen (secondary N) is 1. The van der Waals surface area contributed by atoms with Crippen molar-refractivity contribution in [2.75, 3.05) is 6.61 Å². The van der Waals surface area contributed by atoms with E-state index in [1.165, 1.54) is 0 Å². The number of carbonyl (C=O) groups excluding carboxylic acids is 1. The summed E-state index contributed by atoms with van der Waals surface area (Å²) in [4.78, 5) is 28.3. The summed E-state index contributed by atoms with van der Waals surface area (Å²) >= 11 is 0. The van der Waals surface area contributed by atoms with Crippen molar-refractivity contribution in [3.05, 3.63) is 114 Å². The molecule has 0 radical (unpaired) electrons. The molecule has 0 unspecified atom stereocenters. The van der Waals surface area contributed by atoms with Crippen LogP contribution in [0.2, 0.25) is 0 Å². The van der Waals surface area contributed by atoms with Crippen LogP contribution in [0.5, 0.6) is 11.5 Å². The van der Waals surface area contributed by atoms with Crippen LogP contribution in [-0.4, -0.2) is 34.8 Å². The number of benzene rings is 3. The van der Waals surface area contributed by atoms with Gasteiger partial charge in [-0.1, -0.05) is 60.7 Å². The molecule has 7 nitrogen and oxygen atoms in total. The van der Waals surface area contributed by atoms with Crippen LogP contribution in [-0.2, 0) is 16.0 Å². The number of aliphatic carboxylic acids is 1. The van der Waals surface area contributed by atoms with Crippen molar-refractivity contribution < 1.29 is 24.2 Å². The van der Waals surface area contributed by atoms with E-state index < -0.39 is 18.1 Å². The largest absolute Gasteiger partial charge is 0.480 e. The highest BCUT2D eigenvalue weighted by atomic mass is 16.5. The van der Waals surface area contributed by atoms with Crippen LogP contribution in [0.4, 0.5) is 4.79 Å². The van der Waals surface area contributed by atoms with Gasteiger partial charge in [0.05, 0.1) is 0 Å². The highest BCUT2D eigenvalue weighted by molar-refractivity contribution is 5.81. The van der Waals surface area contributed by atoms with E-state index in [9.17, 15) is 14.7 Å². The molecule has 36 heavy (non-hydrogen) atoms. The van der Waals surface area contributed by atoms with Crippen LogP contribution in [0.1, 0.15) is 22.6 Å². The Labute approximate surface area is 208 Å². The third-order valence-corrected chi connectivity index (χ3v) is 6.18. The minimum Gasteiger partial charge on any atom is -0.480 e. The van der Waals surface area contributed by atoms with Gasteiger partial charge in [0.2, 0.25) is 0 Å².